The van der Waals surface area contributed by atoms with E-state index in [1.165, 1.54) is 5.56 Å². The highest BCUT2D eigenvalue weighted by atomic mass is 16.5. The maximum Gasteiger partial charge on any atom is 0.241 e. The number of ether oxygens (including phenoxy) is 1. The molecule has 0 atom stereocenters. The third kappa shape index (κ3) is 4.02. The van der Waals surface area contributed by atoms with Gasteiger partial charge in [0, 0.05) is 31.2 Å². The van der Waals surface area contributed by atoms with E-state index in [9.17, 15) is 9.59 Å². The van der Waals surface area contributed by atoms with Gasteiger partial charge in [-0.3, -0.25) is 14.5 Å². The predicted octanol–water partition coefficient (Wildman–Crippen LogP) is 2.31. The number of methoxy groups -OCH3 is 1. The predicted molar refractivity (Wildman–Crippen MR) is 109 cm³/mol. The SMILES string of the molecule is COc1ccc2c(c1)CCCN2C(=O)CN1CCC(C(=O)N2CCCC2)CC1. The molecule has 0 radical (unpaired) electrons. The highest BCUT2D eigenvalue weighted by Gasteiger charge is 2.31. The summed E-state index contributed by atoms with van der Waals surface area (Å²) in [5.74, 6) is 1.49. The summed E-state index contributed by atoms with van der Waals surface area (Å²) < 4.78 is 5.32. The average molecular weight is 386 g/mol. The fraction of sp³-hybridized carbons (Fsp3) is 0.636. The van der Waals surface area contributed by atoms with E-state index in [0.29, 0.717) is 12.5 Å². The molecule has 1 aromatic rings. The number of likely N-dealkylation sites (tertiary alicyclic amines) is 2. The minimum atomic E-state index is 0.146. The lowest BCUT2D eigenvalue weighted by Gasteiger charge is -2.35. The number of piperidine rings is 1. The fourth-order valence-electron chi connectivity index (χ4n) is 4.77. The molecule has 0 spiro atoms. The summed E-state index contributed by atoms with van der Waals surface area (Å²) in [6.45, 7) is 4.74. The van der Waals surface area contributed by atoms with Crippen LogP contribution in [0.5, 0.6) is 5.75 Å². The number of amides is 2. The Hall–Kier alpha value is -2.08. The van der Waals surface area contributed by atoms with Gasteiger partial charge >= 0.3 is 0 Å². The first-order chi connectivity index (χ1) is 13.7. The van der Waals surface area contributed by atoms with Crippen molar-refractivity contribution in [3.8, 4) is 5.75 Å². The van der Waals surface area contributed by atoms with E-state index in [-0.39, 0.29) is 11.8 Å². The number of fused-ring (bicyclic) bond motifs is 1. The zero-order valence-corrected chi connectivity index (χ0v) is 16.9. The molecular formula is C22H31N3O3. The van der Waals surface area contributed by atoms with E-state index in [4.69, 9.17) is 4.74 Å². The van der Waals surface area contributed by atoms with E-state index < -0.39 is 0 Å². The maximum absolute atomic E-state index is 13.0. The monoisotopic (exact) mass is 385 g/mol. The number of carbonyl (C=O) groups excluding carboxylic acids is 2. The number of anilines is 1. The van der Waals surface area contributed by atoms with Gasteiger partial charge in [0.1, 0.15) is 5.75 Å². The maximum atomic E-state index is 13.0. The van der Waals surface area contributed by atoms with E-state index in [1.54, 1.807) is 7.11 Å². The van der Waals surface area contributed by atoms with E-state index in [2.05, 4.69) is 4.90 Å². The van der Waals surface area contributed by atoms with Crippen molar-refractivity contribution in [1.82, 2.24) is 9.80 Å². The molecule has 3 heterocycles. The third-order valence-electron chi connectivity index (χ3n) is 6.42. The molecule has 0 bridgehead atoms. The first-order valence-electron chi connectivity index (χ1n) is 10.6. The molecule has 3 aliphatic rings. The number of aryl methyl sites for hydroxylation is 1. The second-order valence-corrected chi connectivity index (χ2v) is 8.23. The van der Waals surface area contributed by atoms with Gasteiger partial charge in [-0.1, -0.05) is 0 Å². The fourth-order valence-corrected chi connectivity index (χ4v) is 4.77. The van der Waals surface area contributed by atoms with E-state index in [1.807, 2.05) is 28.0 Å². The minimum absolute atomic E-state index is 0.146. The van der Waals surface area contributed by atoms with E-state index >= 15 is 0 Å². The summed E-state index contributed by atoms with van der Waals surface area (Å²) >= 11 is 0. The Labute approximate surface area is 167 Å². The van der Waals surface area contributed by atoms with Crippen LogP contribution in [0, 0.1) is 5.92 Å². The summed E-state index contributed by atoms with van der Waals surface area (Å²) in [5, 5.41) is 0. The van der Waals surface area contributed by atoms with Crippen LogP contribution >= 0.6 is 0 Å². The van der Waals surface area contributed by atoms with Crippen molar-refractivity contribution in [3.63, 3.8) is 0 Å². The van der Waals surface area contributed by atoms with Crippen molar-refractivity contribution in [2.45, 2.75) is 38.5 Å². The molecule has 0 aliphatic carbocycles. The Balaban J connectivity index is 1.32. The smallest absolute Gasteiger partial charge is 0.241 e. The van der Waals surface area contributed by atoms with Crippen LogP contribution in [-0.2, 0) is 16.0 Å². The van der Waals surface area contributed by atoms with Crippen LogP contribution in [0.15, 0.2) is 18.2 Å². The third-order valence-corrected chi connectivity index (χ3v) is 6.42. The Kier molecular flexibility index (Phi) is 5.85. The second-order valence-electron chi connectivity index (χ2n) is 8.23. The van der Waals surface area contributed by atoms with Crippen LogP contribution in [0.2, 0.25) is 0 Å². The molecule has 0 N–H and O–H groups in total. The van der Waals surface area contributed by atoms with Crippen molar-refractivity contribution >= 4 is 17.5 Å². The van der Waals surface area contributed by atoms with Crippen LogP contribution < -0.4 is 9.64 Å². The summed E-state index contributed by atoms with van der Waals surface area (Å²) in [7, 11) is 1.67. The lowest BCUT2D eigenvalue weighted by molar-refractivity contribution is -0.136. The first kappa shape index (κ1) is 19.2. The molecule has 2 saturated heterocycles. The molecule has 28 heavy (non-hydrogen) atoms. The van der Waals surface area contributed by atoms with Gasteiger partial charge in [0.25, 0.3) is 0 Å². The molecule has 0 unspecified atom stereocenters. The largest absolute Gasteiger partial charge is 0.497 e. The Morgan fingerprint density at radius 3 is 2.50 bits per heavy atom. The number of benzene rings is 1. The number of rotatable bonds is 4. The van der Waals surface area contributed by atoms with Crippen molar-refractivity contribution in [1.29, 1.82) is 0 Å². The van der Waals surface area contributed by atoms with Gasteiger partial charge < -0.3 is 14.5 Å². The molecule has 2 fully saturated rings. The van der Waals surface area contributed by atoms with Gasteiger partial charge in [-0.2, -0.15) is 0 Å². The van der Waals surface area contributed by atoms with Gasteiger partial charge in [0.15, 0.2) is 0 Å². The lowest BCUT2D eigenvalue weighted by Crippen LogP contribution is -2.47. The number of hydrogen-bond donors (Lipinski definition) is 0. The lowest BCUT2D eigenvalue weighted by atomic mass is 9.95. The van der Waals surface area contributed by atoms with Crippen LogP contribution in [-0.4, -0.2) is 68.0 Å². The van der Waals surface area contributed by atoms with Crippen molar-refractivity contribution < 1.29 is 14.3 Å². The summed E-state index contributed by atoms with van der Waals surface area (Å²) in [4.78, 5) is 31.8. The molecule has 6 nitrogen and oxygen atoms in total. The summed E-state index contributed by atoms with van der Waals surface area (Å²) in [5.41, 5.74) is 2.21. The molecule has 152 valence electrons. The molecule has 2 amide bonds. The minimum Gasteiger partial charge on any atom is -0.497 e. The zero-order valence-electron chi connectivity index (χ0n) is 16.9. The normalized spacial score (nSPS) is 20.9. The molecule has 6 heteroatoms. The molecule has 3 aliphatic heterocycles. The second kappa shape index (κ2) is 8.52. The Bertz CT molecular complexity index is 722. The molecule has 1 aromatic carbocycles. The number of nitrogens with zero attached hydrogens (tertiary/aromatic N) is 3. The standard InChI is InChI=1S/C22H31N3O3/c1-28-19-6-7-20-18(15-19)5-4-12-25(20)21(26)16-23-13-8-17(9-14-23)22(27)24-10-2-3-11-24/h6-7,15,17H,2-5,8-14,16H2,1H3. The highest BCUT2D eigenvalue weighted by Crippen LogP contribution is 2.31. The van der Waals surface area contributed by atoms with Gasteiger partial charge in [0.2, 0.25) is 11.8 Å². The first-order valence-corrected chi connectivity index (χ1v) is 10.6. The average Bonchev–Trinajstić information content (AvgIpc) is 3.27. The molecular weight excluding hydrogens is 354 g/mol. The van der Waals surface area contributed by atoms with Crippen LogP contribution in [0.3, 0.4) is 0 Å². The quantitative estimate of drug-likeness (QED) is 0.798. The number of hydrogen-bond acceptors (Lipinski definition) is 4. The van der Waals surface area contributed by atoms with Gasteiger partial charge in [-0.25, -0.2) is 0 Å². The van der Waals surface area contributed by atoms with Crippen LogP contribution in [0.25, 0.3) is 0 Å². The van der Waals surface area contributed by atoms with E-state index in [0.717, 1.165) is 82.7 Å². The molecule has 0 saturated carbocycles. The summed E-state index contributed by atoms with van der Waals surface area (Å²) in [6.07, 6.45) is 6.00. The molecule has 4 rings (SSSR count). The van der Waals surface area contributed by atoms with Crippen molar-refractivity contribution in [2.24, 2.45) is 5.92 Å². The highest BCUT2D eigenvalue weighted by molar-refractivity contribution is 5.96. The van der Waals surface area contributed by atoms with Gasteiger partial charge in [-0.15, -0.1) is 0 Å². The number of carbonyl (C=O) groups is 2. The Morgan fingerprint density at radius 1 is 1.04 bits per heavy atom. The van der Waals surface area contributed by atoms with Crippen LogP contribution in [0.4, 0.5) is 5.69 Å². The summed E-state index contributed by atoms with van der Waals surface area (Å²) in [6, 6.07) is 5.98. The van der Waals surface area contributed by atoms with Crippen molar-refractivity contribution in [2.75, 3.05) is 51.3 Å². The van der Waals surface area contributed by atoms with Crippen LogP contribution in [0.1, 0.15) is 37.7 Å². The van der Waals surface area contributed by atoms with Crippen molar-refractivity contribution in [3.05, 3.63) is 23.8 Å². The van der Waals surface area contributed by atoms with Gasteiger partial charge in [-0.05, 0) is 75.4 Å². The molecule has 0 aromatic heterocycles. The zero-order chi connectivity index (χ0) is 19.5. The van der Waals surface area contributed by atoms with Gasteiger partial charge in [0.05, 0.1) is 13.7 Å². The topological polar surface area (TPSA) is 53.1 Å². The Morgan fingerprint density at radius 2 is 1.79 bits per heavy atom.